The molecule has 344 valence electrons. The molecule has 0 saturated heterocycles. The van der Waals surface area contributed by atoms with Crippen LogP contribution in [0.1, 0.15) is 0 Å². The van der Waals surface area contributed by atoms with Crippen molar-refractivity contribution in [2.24, 2.45) is 0 Å². The molecular formula is C54H55BBr4O7. The quantitative estimate of drug-likeness (QED) is 0.0521. The third kappa shape index (κ3) is 29.0. The van der Waals surface area contributed by atoms with Crippen LogP contribution in [0.2, 0.25) is 0 Å². The smallest absolute Gasteiger partial charge is 0.119 e. The summed E-state index contributed by atoms with van der Waals surface area (Å²) in [5.41, 5.74) is 2.94. The molecule has 0 unspecified atom stereocenters. The Morgan fingerprint density at radius 1 is 0.394 bits per heavy atom. The molecule has 0 radical (unpaired) electrons. The standard InChI is InChI=1S/C18H18O2.C9H9BO2.2C9H9BrO.C6H5BrO.C3H5Br/c1-3-13-19-17-9-5-15(6-10-17)16-7-11-18(12-8-16)20-14-4-2;1-2-7-12-9-5-3-8(10-11)4-6-9;2*1-2-7-11-9-5-3-8(10)4-6-9;7-5-1-3-6(8)4-2-5;1-2-3-4/h3-12H,1-2,13-14H2;2-6H,1,7H2;2*2-6H,1,7H2;1-4,8H;2H,1,3H2. The van der Waals surface area contributed by atoms with Crippen LogP contribution in [0, 0.1) is 0 Å². The maximum atomic E-state index is 10.3. The normalized spacial score (nSPS) is 9.09. The van der Waals surface area contributed by atoms with Gasteiger partial charge < -0.3 is 24.1 Å². The van der Waals surface area contributed by atoms with Crippen molar-refractivity contribution >= 4 is 76.3 Å². The van der Waals surface area contributed by atoms with Crippen molar-refractivity contribution in [2.75, 3.05) is 38.4 Å². The zero-order valence-corrected chi connectivity index (χ0v) is 43.1. The topological polar surface area (TPSA) is 83.5 Å². The summed E-state index contributed by atoms with van der Waals surface area (Å²) in [5, 5.41) is 9.63. The Bertz CT molecular complexity index is 2110. The third-order valence-corrected chi connectivity index (χ3v) is 9.50. The maximum absolute atomic E-state index is 10.3. The van der Waals surface area contributed by atoms with Crippen molar-refractivity contribution in [1.82, 2.24) is 0 Å². The van der Waals surface area contributed by atoms with Gasteiger partial charge in [0, 0.05) is 18.7 Å². The van der Waals surface area contributed by atoms with Gasteiger partial charge >= 0.3 is 71.3 Å². The van der Waals surface area contributed by atoms with Gasteiger partial charge in [-0.15, -0.1) is 6.58 Å². The van der Waals surface area contributed by atoms with Crippen molar-refractivity contribution in [2.45, 2.75) is 0 Å². The number of hydrogen-bond donors (Lipinski definition) is 1. The van der Waals surface area contributed by atoms with Gasteiger partial charge in [0.2, 0.25) is 0 Å². The second-order valence-corrected chi connectivity index (χ2v) is 16.0. The van der Waals surface area contributed by atoms with Crippen LogP contribution in [0.25, 0.3) is 11.1 Å². The molecule has 12 heteroatoms. The molecule has 0 atom stereocenters. The van der Waals surface area contributed by atoms with Gasteiger partial charge in [-0.05, 0) is 108 Å². The van der Waals surface area contributed by atoms with E-state index in [1.165, 1.54) is 0 Å². The SMILES string of the molecule is C=CCBr.C=CCOc1ccc(-c2ccc(OCC=C)cc2)cc1.C=CCOc1ccc(B=O)cc1.C=CCOc1ccc(Br)cc1.C=CCOc1ccc(Br)cc1.Oc1ccc(Br)cc1. The summed E-state index contributed by atoms with van der Waals surface area (Å²) in [4.78, 5) is 0. The summed E-state index contributed by atoms with van der Waals surface area (Å²) < 4.78 is 40.1. The molecule has 0 aliphatic heterocycles. The molecule has 1 N–H and O–H groups in total. The van der Waals surface area contributed by atoms with Crippen LogP contribution in [0.4, 0.5) is 0 Å². The van der Waals surface area contributed by atoms with Crippen LogP contribution >= 0.6 is 63.7 Å². The second kappa shape index (κ2) is 38.6. The van der Waals surface area contributed by atoms with Crippen molar-refractivity contribution in [3.8, 4) is 45.6 Å². The molecule has 6 aromatic carbocycles. The molecule has 6 aromatic rings. The van der Waals surface area contributed by atoms with E-state index in [0.717, 1.165) is 65.8 Å². The minimum absolute atomic E-state index is 0.299. The average Bonchev–Trinajstić information content (AvgIpc) is 3.36. The molecule has 6 rings (SSSR count). The fourth-order valence-electron chi connectivity index (χ4n) is 4.41. The first kappa shape index (κ1) is 58.4. The molecule has 0 amide bonds. The second-order valence-electron chi connectivity index (χ2n) is 12.6. The predicted molar refractivity (Wildman–Crippen MR) is 291 cm³/mol. The fourth-order valence-corrected chi connectivity index (χ4v) is 5.20. The first-order chi connectivity index (χ1) is 32.0. The first-order valence-corrected chi connectivity index (χ1v) is 23.6. The largest absolute Gasteiger partial charge is 0.508 e. The Labute approximate surface area is 425 Å². The van der Waals surface area contributed by atoms with Gasteiger partial charge in [-0.2, -0.15) is 0 Å². The molecule has 0 heterocycles. The van der Waals surface area contributed by atoms with Crippen molar-refractivity contribution < 1.29 is 33.5 Å². The van der Waals surface area contributed by atoms with Crippen LogP contribution in [-0.4, -0.2) is 50.6 Å². The summed E-state index contributed by atoms with van der Waals surface area (Å²) in [5.74, 6) is 4.48. The number of aromatic hydroxyl groups is 1. The molecular weight excluding hydrogens is 1090 g/mol. The predicted octanol–water partition coefficient (Wildman–Crippen LogP) is 15.2. The van der Waals surface area contributed by atoms with Gasteiger partial charge in [-0.3, -0.25) is 0 Å². The number of hydrogen-bond acceptors (Lipinski definition) is 7. The molecule has 0 aromatic heterocycles. The number of benzene rings is 6. The minimum Gasteiger partial charge on any atom is -0.508 e. The average molecular weight is 1150 g/mol. The van der Waals surface area contributed by atoms with E-state index < -0.39 is 0 Å². The van der Waals surface area contributed by atoms with E-state index in [2.05, 4.69) is 103 Å². The van der Waals surface area contributed by atoms with Crippen LogP contribution in [0.15, 0.2) is 235 Å². The number of halogens is 4. The van der Waals surface area contributed by atoms with E-state index in [0.29, 0.717) is 44.2 Å². The molecule has 0 aliphatic carbocycles. The van der Waals surface area contributed by atoms with Crippen LogP contribution in [-0.2, 0) is 4.70 Å². The zero-order chi connectivity index (χ0) is 48.6. The van der Waals surface area contributed by atoms with E-state index in [4.69, 9.17) is 28.8 Å². The van der Waals surface area contributed by atoms with Crippen LogP contribution in [0.3, 0.4) is 0 Å². The number of phenols is 1. The zero-order valence-electron chi connectivity index (χ0n) is 36.8. The van der Waals surface area contributed by atoms with Gasteiger partial charge in [-0.1, -0.05) is 145 Å². The Morgan fingerprint density at radius 3 is 0.833 bits per heavy atom. The summed E-state index contributed by atoms with van der Waals surface area (Å²) >= 11 is 13.0. The summed E-state index contributed by atoms with van der Waals surface area (Å²) in [6.45, 7) is 24.0. The Hall–Kier alpha value is -5.66. The third-order valence-electron chi connectivity index (χ3n) is 7.46. The van der Waals surface area contributed by atoms with E-state index in [9.17, 15) is 4.70 Å². The molecule has 0 bridgehead atoms. The van der Waals surface area contributed by atoms with Gasteiger partial charge in [0.1, 0.15) is 55.2 Å². The van der Waals surface area contributed by atoms with Crippen LogP contribution in [0.5, 0.6) is 34.5 Å². The molecule has 0 saturated carbocycles. The molecule has 66 heavy (non-hydrogen) atoms. The fraction of sp³-hybridized carbons (Fsp3) is 0.111. The molecule has 0 aliphatic rings. The number of rotatable bonds is 18. The van der Waals surface area contributed by atoms with E-state index in [1.54, 1.807) is 85.0 Å². The van der Waals surface area contributed by atoms with Crippen molar-refractivity contribution in [3.05, 3.63) is 235 Å². The van der Waals surface area contributed by atoms with E-state index in [1.807, 2.05) is 97.1 Å². The monoisotopic (exact) mass is 1140 g/mol. The number of phenolic OH excluding ortho intramolecular Hbond substituents is 1. The van der Waals surface area contributed by atoms with Gasteiger partial charge in [-0.25, -0.2) is 0 Å². The van der Waals surface area contributed by atoms with Crippen molar-refractivity contribution in [3.63, 3.8) is 0 Å². The van der Waals surface area contributed by atoms with E-state index in [-0.39, 0.29) is 0 Å². The first-order valence-electron chi connectivity index (χ1n) is 20.1. The van der Waals surface area contributed by atoms with Gasteiger partial charge in [0.25, 0.3) is 0 Å². The minimum atomic E-state index is 0.299. The Morgan fingerprint density at radius 2 is 0.621 bits per heavy atom. The van der Waals surface area contributed by atoms with E-state index >= 15 is 0 Å². The number of allylic oxidation sites excluding steroid dienone is 1. The summed E-state index contributed by atoms with van der Waals surface area (Å²) in [7, 11) is 0.803. The summed E-state index contributed by atoms with van der Waals surface area (Å²) in [6, 6.07) is 45.2. The van der Waals surface area contributed by atoms with Gasteiger partial charge in [0.15, 0.2) is 0 Å². The Balaban J connectivity index is 0.000000417. The number of ether oxygens (including phenoxy) is 5. The molecule has 7 nitrogen and oxygen atoms in total. The number of alkyl halides is 1. The summed E-state index contributed by atoms with van der Waals surface area (Å²) in [6.07, 6.45) is 10.4. The maximum Gasteiger partial charge on any atom is 0.119 e. The molecule has 0 spiro atoms. The molecule has 0 fully saturated rings. The van der Waals surface area contributed by atoms with Crippen molar-refractivity contribution in [1.29, 1.82) is 0 Å². The Kier molecular flexibility index (Phi) is 34.1. The van der Waals surface area contributed by atoms with Crippen LogP contribution < -0.4 is 29.1 Å². The van der Waals surface area contributed by atoms with Gasteiger partial charge in [0.05, 0.1) is 0 Å².